The van der Waals surface area contributed by atoms with E-state index in [0.717, 1.165) is 41.1 Å². The quantitative estimate of drug-likeness (QED) is 0.504. The fourth-order valence-corrected chi connectivity index (χ4v) is 3.55. The number of hydrogen-bond donors (Lipinski definition) is 2. The number of benzene rings is 2. The number of alkyl halides is 3. The van der Waals surface area contributed by atoms with Crippen molar-refractivity contribution in [3.05, 3.63) is 60.6 Å². The lowest BCUT2D eigenvalue weighted by Crippen LogP contribution is -2.05. The van der Waals surface area contributed by atoms with Gasteiger partial charge >= 0.3 is 6.18 Å². The lowest BCUT2D eigenvalue weighted by Gasteiger charge is -2.14. The molecule has 8 heteroatoms. The summed E-state index contributed by atoms with van der Waals surface area (Å²) in [5.74, 6) is 0. The predicted molar refractivity (Wildman–Crippen MR) is 106 cm³/mol. The van der Waals surface area contributed by atoms with E-state index >= 15 is 0 Å². The molecule has 146 valence electrons. The first-order valence-electron chi connectivity index (χ1n) is 8.90. The van der Waals surface area contributed by atoms with E-state index in [1.54, 1.807) is 6.07 Å². The average Bonchev–Trinajstić information content (AvgIpc) is 3.40. The van der Waals surface area contributed by atoms with Crippen molar-refractivity contribution in [3.63, 3.8) is 0 Å². The summed E-state index contributed by atoms with van der Waals surface area (Å²) in [6.45, 7) is 0. The van der Waals surface area contributed by atoms with Crippen LogP contribution in [0.4, 0.5) is 24.5 Å². The Balaban J connectivity index is 1.69. The van der Waals surface area contributed by atoms with Crippen LogP contribution in [0.2, 0.25) is 0 Å². The summed E-state index contributed by atoms with van der Waals surface area (Å²) >= 11 is 1.47. The van der Waals surface area contributed by atoms with Crippen molar-refractivity contribution in [1.29, 1.82) is 0 Å². The van der Waals surface area contributed by atoms with E-state index in [0.29, 0.717) is 17.4 Å². The molecule has 2 aromatic carbocycles. The molecule has 0 amide bonds. The van der Waals surface area contributed by atoms with Crippen LogP contribution in [-0.2, 0) is 6.18 Å². The first kappa shape index (κ1) is 18.9. The van der Waals surface area contributed by atoms with Crippen molar-refractivity contribution in [2.45, 2.75) is 30.0 Å². The molecular formula is C20H19F3N4S. The maximum Gasteiger partial charge on any atom is 0.416 e. The molecule has 1 aliphatic carbocycles. The standard InChI is InChI=1S/C20H19F3N4S/c1-24-28-16-7-8-18(26-14-4-2-3-13(9-14)20(21,22)23)17(10-16)19-11-27(12-25-19)15-5-6-15/h2-4,7-12,15,24,26H,5-6H2,1H3. The maximum absolute atomic E-state index is 13.0. The molecule has 1 saturated carbocycles. The summed E-state index contributed by atoms with van der Waals surface area (Å²) in [6, 6.07) is 11.5. The highest BCUT2D eigenvalue weighted by Gasteiger charge is 2.30. The summed E-state index contributed by atoms with van der Waals surface area (Å²) in [5.41, 5.74) is 2.05. The minimum absolute atomic E-state index is 0.381. The highest BCUT2D eigenvalue weighted by Crippen LogP contribution is 2.38. The van der Waals surface area contributed by atoms with Crippen molar-refractivity contribution in [2.75, 3.05) is 12.4 Å². The molecule has 1 fully saturated rings. The molecule has 2 N–H and O–H groups in total. The van der Waals surface area contributed by atoms with E-state index in [1.807, 2.05) is 37.8 Å². The third-order valence-corrected chi connectivity index (χ3v) is 5.22. The number of imidazole rings is 1. The molecule has 0 aliphatic heterocycles. The molecule has 0 saturated heterocycles. The van der Waals surface area contributed by atoms with Gasteiger partial charge in [-0.15, -0.1) is 0 Å². The van der Waals surface area contributed by atoms with E-state index in [2.05, 4.69) is 19.6 Å². The van der Waals surface area contributed by atoms with Gasteiger partial charge < -0.3 is 9.88 Å². The topological polar surface area (TPSA) is 41.9 Å². The van der Waals surface area contributed by atoms with Crippen LogP contribution in [0.1, 0.15) is 24.4 Å². The van der Waals surface area contributed by atoms with Crippen molar-refractivity contribution < 1.29 is 13.2 Å². The van der Waals surface area contributed by atoms with Crippen molar-refractivity contribution in [2.24, 2.45) is 0 Å². The van der Waals surface area contributed by atoms with Gasteiger partial charge in [-0.3, -0.25) is 4.72 Å². The van der Waals surface area contributed by atoms with Crippen molar-refractivity contribution in [3.8, 4) is 11.3 Å². The van der Waals surface area contributed by atoms with E-state index < -0.39 is 11.7 Å². The van der Waals surface area contributed by atoms with E-state index in [-0.39, 0.29) is 0 Å². The largest absolute Gasteiger partial charge is 0.416 e. The number of anilines is 2. The maximum atomic E-state index is 13.0. The van der Waals surface area contributed by atoms with Gasteiger partial charge in [0, 0.05) is 34.1 Å². The fraction of sp³-hybridized carbons (Fsp3) is 0.250. The molecule has 28 heavy (non-hydrogen) atoms. The Labute approximate surface area is 165 Å². The molecule has 3 aromatic rings. The Morgan fingerprint density at radius 3 is 2.68 bits per heavy atom. The molecule has 0 unspecified atom stereocenters. The smallest absolute Gasteiger partial charge is 0.355 e. The van der Waals surface area contributed by atoms with Gasteiger partial charge in [-0.25, -0.2) is 4.98 Å². The van der Waals surface area contributed by atoms with Gasteiger partial charge in [-0.2, -0.15) is 13.2 Å². The van der Waals surface area contributed by atoms with E-state index in [4.69, 9.17) is 0 Å². The van der Waals surface area contributed by atoms with Crippen molar-refractivity contribution >= 4 is 23.3 Å². The molecule has 4 nitrogen and oxygen atoms in total. The fourth-order valence-electron chi connectivity index (χ4n) is 3.00. The molecule has 0 atom stereocenters. The third-order valence-electron chi connectivity index (χ3n) is 4.53. The molecular weight excluding hydrogens is 385 g/mol. The van der Waals surface area contributed by atoms with Gasteiger partial charge in [0.05, 0.1) is 17.6 Å². The Morgan fingerprint density at radius 1 is 1.14 bits per heavy atom. The first-order chi connectivity index (χ1) is 13.4. The van der Waals surface area contributed by atoms with Gasteiger partial charge in [0.1, 0.15) is 0 Å². The molecule has 1 heterocycles. The van der Waals surface area contributed by atoms with Gasteiger partial charge in [0.25, 0.3) is 0 Å². The Morgan fingerprint density at radius 2 is 1.96 bits per heavy atom. The highest BCUT2D eigenvalue weighted by molar-refractivity contribution is 7.97. The molecule has 0 spiro atoms. The first-order valence-corrected chi connectivity index (χ1v) is 9.71. The second-order valence-corrected chi connectivity index (χ2v) is 7.74. The van der Waals surface area contributed by atoms with Crippen LogP contribution < -0.4 is 10.0 Å². The lowest BCUT2D eigenvalue weighted by atomic mass is 10.1. The Bertz CT molecular complexity index is 980. The highest BCUT2D eigenvalue weighted by atomic mass is 32.2. The zero-order valence-electron chi connectivity index (χ0n) is 15.1. The number of nitrogens with one attached hydrogen (secondary N) is 2. The van der Waals surface area contributed by atoms with Crippen LogP contribution in [0.5, 0.6) is 0 Å². The normalized spacial score (nSPS) is 14.3. The van der Waals surface area contributed by atoms with Gasteiger partial charge in [0.15, 0.2) is 0 Å². The summed E-state index contributed by atoms with van der Waals surface area (Å²) in [5, 5.41) is 3.13. The summed E-state index contributed by atoms with van der Waals surface area (Å²) in [7, 11) is 1.83. The monoisotopic (exact) mass is 404 g/mol. The Hall–Kier alpha value is -2.45. The molecule has 4 rings (SSSR count). The second kappa shape index (κ2) is 7.52. The number of aromatic nitrogens is 2. The van der Waals surface area contributed by atoms with Crippen molar-refractivity contribution in [1.82, 2.24) is 14.3 Å². The Kier molecular flexibility index (Phi) is 5.07. The molecule has 0 bridgehead atoms. The minimum atomic E-state index is -4.38. The number of rotatable bonds is 6. The number of nitrogens with zero attached hydrogens (tertiary/aromatic N) is 2. The number of halogens is 3. The molecule has 1 aromatic heterocycles. The number of hydrogen-bond acceptors (Lipinski definition) is 4. The van der Waals surface area contributed by atoms with E-state index in [1.165, 1.54) is 18.0 Å². The molecule has 1 aliphatic rings. The lowest BCUT2D eigenvalue weighted by molar-refractivity contribution is -0.137. The van der Waals surface area contributed by atoms with Gasteiger partial charge in [-0.1, -0.05) is 6.07 Å². The summed E-state index contributed by atoms with van der Waals surface area (Å²) < 4.78 is 44.2. The third kappa shape index (κ3) is 4.18. The minimum Gasteiger partial charge on any atom is -0.355 e. The SMILES string of the molecule is CNSc1ccc(Nc2cccc(C(F)(F)F)c2)c(-c2cn(C3CC3)cn2)c1. The van der Waals surface area contributed by atoms with Crippen LogP contribution >= 0.6 is 11.9 Å². The summed E-state index contributed by atoms with van der Waals surface area (Å²) in [6.07, 6.45) is 1.75. The summed E-state index contributed by atoms with van der Waals surface area (Å²) in [4.78, 5) is 5.51. The van der Waals surface area contributed by atoms with Crippen LogP contribution in [0.25, 0.3) is 11.3 Å². The van der Waals surface area contributed by atoms with E-state index in [9.17, 15) is 13.2 Å². The molecule has 0 radical (unpaired) electrons. The van der Waals surface area contributed by atoms with Gasteiger partial charge in [0.2, 0.25) is 0 Å². The zero-order chi connectivity index (χ0) is 19.7. The van der Waals surface area contributed by atoms with Crippen LogP contribution in [0, 0.1) is 0 Å². The predicted octanol–water partition coefficient (Wildman–Crippen LogP) is 5.87. The van der Waals surface area contributed by atoms with Gasteiger partial charge in [-0.05, 0) is 68.2 Å². The zero-order valence-corrected chi connectivity index (χ0v) is 15.9. The average molecular weight is 404 g/mol. The second-order valence-electron chi connectivity index (χ2n) is 6.65. The van der Waals surface area contributed by atoms with Crippen LogP contribution in [0.3, 0.4) is 0 Å². The van der Waals surface area contributed by atoms with Crippen LogP contribution in [-0.4, -0.2) is 16.6 Å². The van der Waals surface area contributed by atoms with Crippen LogP contribution in [0.15, 0.2) is 59.9 Å².